The van der Waals surface area contributed by atoms with Crippen molar-refractivity contribution < 1.29 is 9.53 Å². The Morgan fingerprint density at radius 1 is 1.38 bits per heavy atom. The number of amides is 1. The van der Waals surface area contributed by atoms with E-state index < -0.39 is 0 Å². The van der Waals surface area contributed by atoms with Crippen molar-refractivity contribution in [1.29, 1.82) is 0 Å². The van der Waals surface area contributed by atoms with Gasteiger partial charge in [-0.15, -0.1) is 0 Å². The number of fused-ring (bicyclic) bond motifs is 2. The maximum Gasteiger partial charge on any atom is 0.225 e. The molecule has 0 saturated carbocycles. The van der Waals surface area contributed by atoms with Crippen LogP contribution in [-0.4, -0.2) is 37.2 Å². The van der Waals surface area contributed by atoms with Crippen molar-refractivity contribution in [2.45, 2.75) is 44.4 Å². The van der Waals surface area contributed by atoms with Gasteiger partial charge in [0.1, 0.15) is 0 Å². The number of nitrogens with one attached hydrogen (secondary N) is 2. The van der Waals surface area contributed by atoms with Crippen LogP contribution >= 0.6 is 0 Å². The molecule has 3 unspecified atom stereocenters. The highest BCUT2D eigenvalue weighted by molar-refractivity contribution is 5.80. The predicted molar refractivity (Wildman–Crippen MR) is 60.0 cm³/mol. The lowest BCUT2D eigenvalue weighted by atomic mass is 9.93. The van der Waals surface area contributed by atoms with Crippen LogP contribution in [0, 0.1) is 11.8 Å². The van der Waals surface area contributed by atoms with Crippen LogP contribution in [0.1, 0.15) is 26.2 Å². The Labute approximate surface area is 96.1 Å². The number of hydrogen-bond acceptors (Lipinski definition) is 3. The highest BCUT2D eigenvalue weighted by Gasteiger charge is 2.42. The van der Waals surface area contributed by atoms with Crippen LogP contribution in [0.3, 0.4) is 0 Å². The molecule has 3 rings (SSSR count). The first kappa shape index (κ1) is 10.5. The lowest BCUT2D eigenvalue weighted by Gasteiger charge is -2.23. The molecule has 3 saturated heterocycles. The molecule has 3 fully saturated rings. The minimum absolute atomic E-state index is 0.152. The third kappa shape index (κ3) is 1.74. The number of ether oxygens (including phenoxy) is 1. The first-order chi connectivity index (χ1) is 7.74. The van der Waals surface area contributed by atoms with Crippen LogP contribution < -0.4 is 10.6 Å². The summed E-state index contributed by atoms with van der Waals surface area (Å²) in [5.74, 6) is 0.831. The number of carbonyl (C=O) groups excluding carboxylic acids is 1. The Bertz CT molecular complexity index is 295. The molecular weight excluding hydrogens is 204 g/mol. The topological polar surface area (TPSA) is 50.4 Å². The van der Waals surface area contributed by atoms with Gasteiger partial charge in [-0.3, -0.25) is 4.79 Å². The summed E-state index contributed by atoms with van der Waals surface area (Å²) in [4.78, 5) is 12.1. The van der Waals surface area contributed by atoms with E-state index in [0.29, 0.717) is 18.1 Å². The Hall–Kier alpha value is -0.610. The molecule has 3 aliphatic rings. The summed E-state index contributed by atoms with van der Waals surface area (Å²) in [6.45, 7) is 3.93. The van der Waals surface area contributed by atoms with E-state index in [9.17, 15) is 4.79 Å². The number of carbonyl (C=O) groups is 1. The lowest BCUT2D eigenvalue weighted by molar-refractivity contribution is -0.126. The van der Waals surface area contributed by atoms with Gasteiger partial charge in [-0.25, -0.2) is 0 Å². The number of hydrogen-bond donors (Lipinski definition) is 2. The summed E-state index contributed by atoms with van der Waals surface area (Å²) in [6, 6.07) is 0.277. The molecule has 3 heterocycles. The molecule has 0 spiro atoms. The maximum atomic E-state index is 12.1. The Morgan fingerprint density at radius 2 is 2.25 bits per heavy atom. The summed E-state index contributed by atoms with van der Waals surface area (Å²) in [6.07, 6.45) is 4.02. The van der Waals surface area contributed by atoms with Crippen molar-refractivity contribution in [3.05, 3.63) is 0 Å². The second-order valence-corrected chi connectivity index (χ2v) is 5.47. The highest BCUT2D eigenvalue weighted by atomic mass is 16.5. The minimum atomic E-state index is 0.152. The van der Waals surface area contributed by atoms with Crippen molar-refractivity contribution >= 4 is 5.91 Å². The van der Waals surface area contributed by atoms with Crippen LogP contribution in [0.4, 0.5) is 0 Å². The van der Waals surface area contributed by atoms with Crippen molar-refractivity contribution in [3.8, 4) is 0 Å². The molecule has 90 valence electrons. The molecule has 16 heavy (non-hydrogen) atoms. The summed E-state index contributed by atoms with van der Waals surface area (Å²) >= 11 is 0. The average Bonchev–Trinajstić information content (AvgIpc) is 2.92. The molecule has 4 nitrogen and oxygen atoms in total. The zero-order valence-corrected chi connectivity index (χ0v) is 9.74. The van der Waals surface area contributed by atoms with Crippen molar-refractivity contribution in [2.75, 3.05) is 13.1 Å². The normalized spacial score (nSPS) is 46.2. The molecule has 0 aliphatic carbocycles. The van der Waals surface area contributed by atoms with Gasteiger partial charge in [0.05, 0.1) is 24.2 Å². The fourth-order valence-corrected chi connectivity index (χ4v) is 3.24. The fourth-order valence-electron chi connectivity index (χ4n) is 3.24. The van der Waals surface area contributed by atoms with Crippen LogP contribution in [-0.2, 0) is 9.53 Å². The van der Waals surface area contributed by atoms with Crippen LogP contribution in [0.25, 0.3) is 0 Å². The lowest BCUT2D eigenvalue weighted by Crippen LogP contribution is -2.45. The van der Waals surface area contributed by atoms with Gasteiger partial charge in [0.2, 0.25) is 5.91 Å². The highest BCUT2D eigenvalue weighted by Crippen LogP contribution is 2.34. The second-order valence-electron chi connectivity index (χ2n) is 5.47. The van der Waals surface area contributed by atoms with Gasteiger partial charge in [-0.05, 0) is 31.7 Å². The largest absolute Gasteiger partial charge is 0.373 e. The zero-order chi connectivity index (χ0) is 11.1. The van der Waals surface area contributed by atoms with E-state index in [-0.39, 0.29) is 17.9 Å². The average molecular weight is 224 g/mol. The molecule has 0 aromatic carbocycles. The van der Waals surface area contributed by atoms with Gasteiger partial charge in [0.15, 0.2) is 0 Å². The molecule has 2 bridgehead atoms. The first-order valence-electron chi connectivity index (χ1n) is 6.40. The third-order valence-corrected chi connectivity index (χ3v) is 4.29. The molecule has 0 radical (unpaired) electrons. The first-order valence-corrected chi connectivity index (χ1v) is 6.40. The standard InChI is InChI=1S/C12H20N2O2/c1-7-5-13-6-9(7)12(15)14-10-4-8-2-3-11(10)16-8/h7-11,13H,2-6H2,1H3,(H,14,15)/t7-,8?,9-,10?,11?/m1/s1. The van der Waals surface area contributed by atoms with Gasteiger partial charge in [-0.1, -0.05) is 6.92 Å². The van der Waals surface area contributed by atoms with Crippen LogP contribution in [0.15, 0.2) is 0 Å². The molecule has 5 atom stereocenters. The molecule has 2 N–H and O–H groups in total. The predicted octanol–water partition coefficient (Wildman–Crippen LogP) is 0.278. The van der Waals surface area contributed by atoms with Crippen LogP contribution in [0.2, 0.25) is 0 Å². The number of rotatable bonds is 2. The van der Waals surface area contributed by atoms with Crippen molar-refractivity contribution in [2.24, 2.45) is 11.8 Å². The summed E-state index contributed by atoms with van der Waals surface area (Å²) in [7, 11) is 0. The van der Waals surface area contributed by atoms with Gasteiger partial charge >= 0.3 is 0 Å². The van der Waals surface area contributed by atoms with E-state index in [2.05, 4.69) is 17.6 Å². The Morgan fingerprint density at radius 3 is 2.81 bits per heavy atom. The molecule has 3 aliphatic heterocycles. The Kier molecular flexibility index (Phi) is 2.64. The van der Waals surface area contributed by atoms with Gasteiger partial charge in [0, 0.05) is 6.54 Å². The van der Waals surface area contributed by atoms with Crippen LogP contribution in [0.5, 0.6) is 0 Å². The van der Waals surface area contributed by atoms with E-state index >= 15 is 0 Å². The molecule has 0 aromatic rings. The summed E-state index contributed by atoms with van der Waals surface area (Å²) < 4.78 is 5.74. The van der Waals surface area contributed by atoms with Gasteiger partial charge in [0.25, 0.3) is 0 Å². The van der Waals surface area contributed by atoms with Crippen molar-refractivity contribution in [3.63, 3.8) is 0 Å². The smallest absolute Gasteiger partial charge is 0.225 e. The Balaban J connectivity index is 1.56. The van der Waals surface area contributed by atoms with E-state index in [1.807, 2.05) is 0 Å². The van der Waals surface area contributed by atoms with E-state index in [1.54, 1.807) is 0 Å². The molecule has 1 amide bonds. The zero-order valence-electron chi connectivity index (χ0n) is 9.74. The van der Waals surface area contributed by atoms with Crippen molar-refractivity contribution in [1.82, 2.24) is 10.6 Å². The molecule has 4 heteroatoms. The molecule has 0 aromatic heterocycles. The monoisotopic (exact) mass is 224 g/mol. The van der Waals surface area contributed by atoms with Gasteiger partial charge < -0.3 is 15.4 Å². The fraction of sp³-hybridized carbons (Fsp3) is 0.917. The van der Waals surface area contributed by atoms with Gasteiger partial charge in [-0.2, -0.15) is 0 Å². The second kappa shape index (κ2) is 4.00. The van der Waals surface area contributed by atoms with E-state index in [0.717, 1.165) is 25.9 Å². The van der Waals surface area contributed by atoms with E-state index in [4.69, 9.17) is 4.74 Å². The molecular formula is C12H20N2O2. The summed E-state index contributed by atoms with van der Waals surface area (Å²) in [5, 5.41) is 6.45. The minimum Gasteiger partial charge on any atom is -0.373 e. The maximum absolute atomic E-state index is 12.1. The summed E-state index contributed by atoms with van der Waals surface area (Å²) in [5.41, 5.74) is 0. The SMILES string of the molecule is C[C@@H]1CNC[C@H]1C(=O)NC1CC2CCC1O2. The quantitative estimate of drug-likeness (QED) is 0.708. The third-order valence-electron chi connectivity index (χ3n) is 4.29. The van der Waals surface area contributed by atoms with E-state index in [1.165, 1.54) is 6.42 Å².